The van der Waals surface area contributed by atoms with Gasteiger partial charge >= 0.3 is 0 Å². The molecule has 0 aromatic carbocycles. The normalized spacial score (nSPS) is 11.3. The third kappa shape index (κ3) is 2.13. The van der Waals surface area contributed by atoms with Crippen LogP contribution in [0.4, 0.5) is 0 Å². The number of aliphatic hydroxyl groups excluding tert-OH is 1. The summed E-state index contributed by atoms with van der Waals surface area (Å²) in [5.41, 5.74) is 1.84. The third-order valence-corrected chi connectivity index (χ3v) is 3.38. The van der Waals surface area contributed by atoms with Crippen LogP contribution in [0.25, 0.3) is 11.0 Å². The van der Waals surface area contributed by atoms with Crippen LogP contribution in [0.1, 0.15) is 11.4 Å². The number of imidazole rings is 1. The second-order valence-corrected chi connectivity index (χ2v) is 4.58. The van der Waals surface area contributed by atoms with E-state index in [9.17, 15) is 5.11 Å². The molecule has 3 aromatic rings. The van der Waals surface area contributed by atoms with Crippen LogP contribution in [0.15, 0.2) is 36.9 Å². The number of aryl methyl sites for hydroxylation is 3. The number of hydrogen-bond acceptors (Lipinski definition) is 3. The van der Waals surface area contributed by atoms with E-state index in [1.54, 1.807) is 12.4 Å². The van der Waals surface area contributed by atoms with Crippen molar-refractivity contribution in [3.05, 3.63) is 48.3 Å². The van der Waals surface area contributed by atoms with Crippen molar-refractivity contribution < 1.29 is 5.11 Å². The molecule has 19 heavy (non-hydrogen) atoms. The van der Waals surface area contributed by atoms with E-state index >= 15 is 0 Å². The number of aliphatic hydroxyl groups is 1. The van der Waals surface area contributed by atoms with Gasteiger partial charge < -0.3 is 14.2 Å². The molecule has 0 fully saturated rings. The molecule has 3 rings (SSSR count). The summed E-state index contributed by atoms with van der Waals surface area (Å²) >= 11 is 0. The van der Waals surface area contributed by atoms with Gasteiger partial charge in [0, 0.05) is 55.8 Å². The summed E-state index contributed by atoms with van der Waals surface area (Å²) in [5, 5.41) is 10.4. The zero-order chi connectivity index (χ0) is 13.2. The molecule has 0 spiro atoms. The molecule has 0 saturated carbocycles. The van der Waals surface area contributed by atoms with E-state index in [0.717, 1.165) is 35.4 Å². The lowest BCUT2D eigenvalue weighted by atomic mass is 10.2. The van der Waals surface area contributed by atoms with Crippen molar-refractivity contribution in [3.8, 4) is 0 Å². The molecule has 3 aromatic heterocycles. The van der Waals surface area contributed by atoms with Gasteiger partial charge in [-0.2, -0.15) is 0 Å². The maximum absolute atomic E-state index is 9.39. The Hall–Kier alpha value is -2.14. The molecule has 1 N–H and O–H groups in total. The average molecular weight is 256 g/mol. The van der Waals surface area contributed by atoms with Gasteiger partial charge in [0.25, 0.3) is 0 Å². The largest absolute Gasteiger partial charge is 0.392 e. The summed E-state index contributed by atoms with van der Waals surface area (Å²) < 4.78 is 4.10. The van der Waals surface area contributed by atoms with E-state index in [2.05, 4.69) is 14.5 Å². The molecule has 0 bridgehead atoms. The molecule has 0 amide bonds. The fourth-order valence-corrected chi connectivity index (χ4v) is 2.35. The van der Waals surface area contributed by atoms with Crippen LogP contribution in [0, 0.1) is 0 Å². The quantitative estimate of drug-likeness (QED) is 0.769. The number of hydrogen-bond donors (Lipinski definition) is 1. The lowest BCUT2D eigenvalue weighted by Crippen LogP contribution is -2.05. The molecule has 0 atom stereocenters. The maximum Gasteiger partial charge on any atom is 0.140 e. The summed E-state index contributed by atoms with van der Waals surface area (Å²) in [7, 11) is 1.99. The molecule has 0 aliphatic carbocycles. The summed E-state index contributed by atoms with van der Waals surface area (Å²) in [6, 6.07) is 3.88. The highest BCUT2D eigenvalue weighted by atomic mass is 16.3. The van der Waals surface area contributed by atoms with Crippen molar-refractivity contribution in [1.29, 1.82) is 0 Å². The predicted octanol–water partition coefficient (Wildman–Crippen LogP) is 1.50. The van der Waals surface area contributed by atoms with Gasteiger partial charge in [0.2, 0.25) is 0 Å². The Morgan fingerprint density at radius 1 is 1.26 bits per heavy atom. The minimum atomic E-state index is 0.0393. The monoisotopic (exact) mass is 256 g/mol. The molecule has 5 nitrogen and oxygen atoms in total. The first-order valence-corrected chi connectivity index (χ1v) is 6.29. The first-order valence-electron chi connectivity index (χ1n) is 6.29. The van der Waals surface area contributed by atoms with Crippen molar-refractivity contribution >= 4 is 11.0 Å². The molecule has 0 aliphatic rings. The highest BCUT2D eigenvalue weighted by Crippen LogP contribution is 2.19. The maximum atomic E-state index is 9.39. The number of rotatable bonds is 4. The number of fused-ring (bicyclic) bond motifs is 1. The highest BCUT2D eigenvalue weighted by molar-refractivity contribution is 5.80. The Morgan fingerprint density at radius 3 is 2.89 bits per heavy atom. The standard InChI is InChI=1S/C14H16N4O/c1-17-8-6-15-13(17)4-7-18-9-11(10-19)12-3-2-5-16-14(12)18/h2-3,5-6,8-9,19H,4,7,10H2,1H3. The van der Waals surface area contributed by atoms with E-state index in [1.165, 1.54) is 0 Å². The first-order chi connectivity index (χ1) is 9.29. The van der Waals surface area contributed by atoms with Crippen LogP contribution >= 0.6 is 0 Å². The summed E-state index contributed by atoms with van der Waals surface area (Å²) in [6.45, 7) is 0.843. The number of nitrogens with zero attached hydrogens (tertiary/aromatic N) is 4. The summed E-state index contributed by atoms with van der Waals surface area (Å²) in [4.78, 5) is 8.71. The zero-order valence-corrected chi connectivity index (χ0v) is 10.8. The number of aromatic nitrogens is 4. The minimum Gasteiger partial charge on any atom is -0.392 e. The van der Waals surface area contributed by atoms with E-state index in [1.807, 2.05) is 36.1 Å². The Balaban J connectivity index is 1.91. The fraction of sp³-hybridized carbons (Fsp3) is 0.286. The van der Waals surface area contributed by atoms with Gasteiger partial charge in [-0.15, -0.1) is 0 Å². The molecular formula is C14H16N4O. The van der Waals surface area contributed by atoms with Crippen molar-refractivity contribution in [2.24, 2.45) is 7.05 Å². The molecule has 0 radical (unpaired) electrons. The van der Waals surface area contributed by atoms with Gasteiger partial charge in [0.05, 0.1) is 6.61 Å². The molecule has 0 unspecified atom stereocenters. The van der Waals surface area contributed by atoms with Crippen molar-refractivity contribution in [1.82, 2.24) is 19.1 Å². The van der Waals surface area contributed by atoms with Gasteiger partial charge in [-0.3, -0.25) is 0 Å². The molecule has 98 valence electrons. The van der Waals surface area contributed by atoms with Gasteiger partial charge in [-0.1, -0.05) is 0 Å². The number of pyridine rings is 1. The lowest BCUT2D eigenvalue weighted by molar-refractivity contribution is 0.283. The van der Waals surface area contributed by atoms with Crippen molar-refractivity contribution in [3.63, 3.8) is 0 Å². The molecule has 0 saturated heterocycles. The molecule has 0 aliphatic heterocycles. The summed E-state index contributed by atoms with van der Waals surface area (Å²) in [6.07, 6.45) is 8.34. The predicted molar refractivity (Wildman–Crippen MR) is 72.6 cm³/mol. The highest BCUT2D eigenvalue weighted by Gasteiger charge is 2.09. The van der Waals surface area contributed by atoms with E-state index in [-0.39, 0.29) is 6.61 Å². The molecule has 5 heteroatoms. The third-order valence-electron chi connectivity index (χ3n) is 3.38. The molecular weight excluding hydrogens is 240 g/mol. The molecule has 3 heterocycles. The van der Waals surface area contributed by atoms with Crippen LogP contribution in [0.5, 0.6) is 0 Å². The van der Waals surface area contributed by atoms with E-state index in [0.29, 0.717) is 0 Å². The van der Waals surface area contributed by atoms with E-state index < -0.39 is 0 Å². The van der Waals surface area contributed by atoms with Gasteiger partial charge in [0.1, 0.15) is 11.5 Å². The van der Waals surface area contributed by atoms with E-state index in [4.69, 9.17) is 0 Å². The SMILES string of the molecule is Cn1ccnc1CCn1cc(CO)c2cccnc21. The topological polar surface area (TPSA) is 55.9 Å². The van der Waals surface area contributed by atoms with Crippen LogP contribution in [-0.2, 0) is 26.6 Å². The summed E-state index contributed by atoms with van der Waals surface area (Å²) in [5.74, 6) is 1.04. The van der Waals surface area contributed by atoms with Gasteiger partial charge in [-0.05, 0) is 12.1 Å². The second kappa shape index (κ2) is 4.85. The Morgan fingerprint density at radius 2 is 2.16 bits per heavy atom. The first kappa shape index (κ1) is 11.9. The average Bonchev–Trinajstić information content (AvgIpc) is 3.00. The van der Waals surface area contributed by atoms with Gasteiger partial charge in [0.15, 0.2) is 0 Å². The van der Waals surface area contributed by atoms with Gasteiger partial charge in [-0.25, -0.2) is 9.97 Å². The van der Waals surface area contributed by atoms with Crippen molar-refractivity contribution in [2.75, 3.05) is 0 Å². The lowest BCUT2D eigenvalue weighted by Gasteiger charge is -2.04. The van der Waals surface area contributed by atoms with Crippen LogP contribution in [-0.4, -0.2) is 24.2 Å². The van der Waals surface area contributed by atoms with Crippen molar-refractivity contribution in [2.45, 2.75) is 19.6 Å². The zero-order valence-electron chi connectivity index (χ0n) is 10.8. The smallest absolute Gasteiger partial charge is 0.140 e. The Kier molecular flexibility index (Phi) is 3.05. The minimum absolute atomic E-state index is 0.0393. The van der Waals surface area contributed by atoms with Crippen LogP contribution in [0.2, 0.25) is 0 Å². The Bertz CT molecular complexity index is 698. The Labute approximate surface area is 111 Å². The second-order valence-electron chi connectivity index (χ2n) is 4.58. The van der Waals surface area contributed by atoms with Crippen LogP contribution < -0.4 is 0 Å². The van der Waals surface area contributed by atoms with Crippen LogP contribution in [0.3, 0.4) is 0 Å². The fourth-order valence-electron chi connectivity index (χ4n) is 2.35.